The highest BCUT2D eigenvalue weighted by Gasteiger charge is 2.16. The fourth-order valence-electron chi connectivity index (χ4n) is 1.58. The van der Waals surface area contributed by atoms with Crippen LogP contribution in [-0.4, -0.2) is 12.6 Å². The van der Waals surface area contributed by atoms with Gasteiger partial charge in [0.25, 0.3) is 0 Å². The molecule has 0 saturated heterocycles. The monoisotopic (exact) mass is 168 g/mol. The fraction of sp³-hybridized carbons (Fsp3) is 0.909. The van der Waals surface area contributed by atoms with Gasteiger partial charge >= 0.3 is 0 Å². The summed E-state index contributed by atoms with van der Waals surface area (Å²) in [5.41, 5.74) is 0.432. The minimum atomic E-state index is 0.432. The molecule has 1 N–H and O–H groups in total. The molecule has 1 rings (SSSR count). The van der Waals surface area contributed by atoms with Gasteiger partial charge in [-0.25, -0.2) is 0 Å². The normalized spacial score (nSPS) is 21.2. The molecule has 1 nitrogen and oxygen atoms in total. The highest BCUT2D eigenvalue weighted by molar-refractivity contribution is 4.81. The van der Waals surface area contributed by atoms with Crippen LogP contribution in [0.1, 0.15) is 46.5 Å². The minimum absolute atomic E-state index is 0.432. The average molecular weight is 168 g/mol. The van der Waals surface area contributed by atoms with Gasteiger partial charge in [-0.2, -0.15) is 0 Å². The average Bonchev–Trinajstić information content (AvgIpc) is 2.02. The summed E-state index contributed by atoms with van der Waals surface area (Å²) in [6.07, 6.45) is 7.71. The molecule has 0 spiro atoms. The van der Waals surface area contributed by atoms with E-state index in [1.807, 2.05) is 0 Å². The van der Waals surface area contributed by atoms with Crippen LogP contribution in [0.15, 0.2) is 0 Å². The Morgan fingerprint density at radius 3 is 2.33 bits per heavy atom. The van der Waals surface area contributed by atoms with Crippen molar-refractivity contribution >= 4 is 0 Å². The smallest absolute Gasteiger partial charge is 0.00674 e. The van der Waals surface area contributed by atoms with Gasteiger partial charge in [0, 0.05) is 12.6 Å². The lowest BCUT2D eigenvalue weighted by Gasteiger charge is -2.27. The molecule has 1 aliphatic rings. The van der Waals surface area contributed by atoms with E-state index in [-0.39, 0.29) is 0 Å². The van der Waals surface area contributed by atoms with Crippen molar-refractivity contribution in [2.45, 2.75) is 52.5 Å². The summed E-state index contributed by atoms with van der Waals surface area (Å²) >= 11 is 0. The van der Waals surface area contributed by atoms with Crippen LogP contribution in [0.4, 0.5) is 0 Å². The molecule has 0 aromatic heterocycles. The van der Waals surface area contributed by atoms with E-state index in [2.05, 4.69) is 32.5 Å². The van der Waals surface area contributed by atoms with Crippen LogP contribution in [0.3, 0.4) is 0 Å². The highest BCUT2D eigenvalue weighted by atomic mass is 14.9. The first-order valence-electron chi connectivity index (χ1n) is 5.13. The first-order valence-corrected chi connectivity index (χ1v) is 5.13. The molecule has 0 amide bonds. The molecular weight excluding hydrogens is 146 g/mol. The van der Waals surface area contributed by atoms with Crippen molar-refractivity contribution in [3.05, 3.63) is 6.42 Å². The predicted octanol–water partition coefficient (Wildman–Crippen LogP) is 2.77. The zero-order chi connectivity index (χ0) is 9.03. The van der Waals surface area contributed by atoms with Gasteiger partial charge in [0.05, 0.1) is 0 Å². The zero-order valence-electron chi connectivity index (χ0n) is 8.69. The molecule has 0 atom stereocenters. The molecule has 0 unspecified atom stereocenters. The molecule has 1 aliphatic carbocycles. The van der Waals surface area contributed by atoms with Crippen LogP contribution in [0.5, 0.6) is 0 Å². The van der Waals surface area contributed by atoms with Crippen LogP contribution in [-0.2, 0) is 0 Å². The Labute approximate surface area is 76.9 Å². The first kappa shape index (κ1) is 10.0. The maximum Gasteiger partial charge on any atom is 0.00674 e. The van der Waals surface area contributed by atoms with E-state index in [1.54, 1.807) is 0 Å². The Morgan fingerprint density at radius 1 is 1.25 bits per heavy atom. The van der Waals surface area contributed by atoms with Gasteiger partial charge in [0.15, 0.2) is 0 Å². The molecule has 0 aromatic carbocycles. The lowest BCUT2D eigenvalue weighted by atomic mass is 9.92. The van der Waals surface area contributed by atoms with Gasteiger partial charge in [-0.15, -0.1) is 0 Å². The van der Waals surface area contributed by atoms with Crippen molar-refractivity contribution in [3.63, 3.8) is 0 Å². The molecule has 1 saturated carbocycles. The summed E-state index contributed by atoms with van der Waals surface area (Å²) < 4.78 is 0. The van der Waals surface area contributed by atoms with E-state index >= 15 is 0 Å². The third-order valence-corrected chi connectivity index (χ3v) is 2.36. The highest BCUT2D eigenvalue weighted by Crippen LogP contribution is 2.18. The van der Waals surface area contributed by atoms with Crippen LogP contribution in [0.2, 0.25) is 0 Å². The summed E-state index contributed by atoms with van der Waals surface area (Å²) in [7, 11) is 0. The maximum atomic E-state index is 3.64. The van der Waals surface area contributed by atoms with Gasteiger partial charge in [-0.3, -0.25) is 0 Å². The Kier molecular flexibility index (Phi) is 3.57. The van der Waals surface area contributed by atoms with Crippen molar-refractivity contribution in [2.24, 2.45) is 5.41 Å². The van der Waals surface area contributed by atoms with Crippen LogP contribution in [0.25, 0.3) is 0 Å². The standard InChI is InChI=1S/C11H22N/c1-11(2,3)9-12-10-7-5-4-6-8-10/h4,10,12H,5-9H2,1-3H3. The van der Waals surface area contributed by atoms with E-state index in [1.165, 1.54) is 25.7 Å². The summed E-state index contributed by atoms with van der Waals surface area (Å²) in [6, 6.07) is 0.786. The van der Waals surface area contributed by atoms with E-state index in [0.717, 1.165) is 12.6 Å². The van der Waals surface area contributed by atoms with Crippen molar-refractivity contribution in [2.75, 3.05) is 6.54 Å². The van der Waals surface area contributed by atoms with Crippen molar-refractivity contribution in [3.8, 4) is 0 Å². The van der Waals surface area contributed by atoms with Crippen molar-refractivity contribution in [1.29, 1.82) is 0 Å². The third kappa shape index (κ3) is 4.10. The Bertz CT molecular complexity index is 117. The van der Waals surface area contributed by atoms with Gasteiger partial charge in [-0.1, -0.05) is 20.8 Å². The summed E-state index contributed by atoms with van der Waals surface area (Å²) in [6.45, 7) is 8.01. The molecular formula is C11H22N. The summed E-state index contributed by atoms with van der Waals surface area (Å²) in [5.74, 6) is 0. The van der Waals surface area contributed by atoms with Crippen LogP contribution < -0.4 is 5.32 Å². The van der Waals surface area contributed by atoms with Gasteiger partial charge < -0.3 is 5.32 Å². The SMILES string of the molecule is CC(C)(C)CNC1CC[CH]CC1. The van der Waals surface area contributed by atoms with Crippen molar-refractivity contribution < 1.29 is 0 Å². The molecule has 1 radical (unpaired) electrons. The van der Waals surface area contributed by atoms with Gasteiger partial charge in [0.2, 0.25) is 0 Å². The third-order valence-electron chi connectivity index (χ3n) is 2.36. The lowest BCUT2D eigenvalue weighted by Crippen LogP contribution is -2.37. The first-order chi connectivity index (χ1) is 5.58. The van der Waals surface area contributed by atoms with E-state index in [0.29, 0.717) is 5.41 Å². The van der Waals surface area contributed by atoms with E-state index in [4.69, 9.17) is 0 Å². The van der Waals surface area contributed by atoms with Crippen LogP contribution in [0, 0.1) is 11.8 Å². The molecule has 1 fully saturated rings. The molecule has 0 heterocycles. The summed E-state index contributed by atoms with van der Waals surface area (Å²) in [4.78, 5) is 0. The maximum absolute atomic E-state index is 3.64. The van der Waals surface area contributed by atoms with Gasteiger partial charge in [-0.05, 0) is 37.5 Å². The fourth-order valence-corrected chi connectivity index (χ4v) is 1.58. The second-order valence-corrected chi connectivity index (χ2v) is 5.08. The number of rotatable bonds is 2. The number of hydrogen-bond acceptors (Lipinski definition) is 1. The van der Waals surface area contributed by atoms with Crippen molar-refractivity contribution in [1.82, 2.24) is 5.32 Å². The number of nitrogens with one attached hydrogen (secondary N) is 1. The Hall–Kier alpha value is -0.0400. The molecule has 12 heavy (non-hydrogen) atoms. The van der Waals surface area contributed by atoms with E-state index in [9.17, 15) is 0 Å². The molecule has 71 valence electrons. The lowest BCUT2D eigenvalue weighted by molar-refractivity contribution is 0.323. The zero-order valence-corrected chi connectivity index (χ0v) is 8.69. The minimum Gasteiger partial charge on any atom is -0.313 e. The van der Waals surface area contributed by atoms with Gasteiger partial charge in [0.1, 0.15) is 0 Å². The Morgan fingerprint density at radius 2 is 1.83 bits per heavy atom. The van der Waals surface area contributed by atoms with E-state index < -0.39 is 0 Å². The molecule has 0 aromatic rings. The molecule has 0 bridgehead atoms. The second kappa shape index (κ2) is 4.27. The topological polar surface area (TPSA) is 12.0 Å². The summed E-state index contributed by atoms with van der Waals surface area (Å²) in [5, 5.41) is 3.64. The second-order valence-electron chi connectivity index (χ2n) is 5.08. The Balaban J connectivity index is 2.13. The predicted molar refractivity (Wildman–Crippen MR) is 54.0 cm³/mol. The quantitative estimate of drug-likeness (QED) is 0.668. The molecule has 1 heteroatoms. The number of hydrogen-bond donors (Lipinski definition) is 1. The molecule has 0 aliphatic heterocycles. The largest absolute Gasteiger partial charge is 0.313 e. The van der Waals surface area contributed by atoms with Crippen LogP contribution >= 0.6 is 0 Å².